The second-order valence-corrected chi connectivity index (χ2v) is 11.1. The Hall–Kier alpha value is -4.66. The number of halogens is 2. The van der Waals surface area contributed by atoms with Crippen LogP contribution in [-0.4, -0.2) is 38.3 Å². The first-order valence-electron chi connectivity index (χ1n) is 13.2. The van der Waals surface area contributed by atoms with E-state index in [1.807, 2.05) is 17.6 Å². The van der Waals surface area contributed by atoms with Gasteiger partial charge in [-0.3, -0.25) is 0 Å². The van der Waals surface area contributed by atoms with E-state index in [1.54, 1.807) is 30.3 Å². The summed E-state index contributed by atoms with van der Waals surface area (Å²) in [5, 5.41) is 18.3. The van der Waals surface area contributed by atoms with Crippen molar-refractivity contribution in [2.45, 2.75) is 39.0 Å². The molecule has 1 aliphatic rings. The molecule has 3 aromatic heterocycles. The number of ether oxygens (including phenoxy) is 2. The van der Waals surface area contributed by atoms with E-state index in [9.17, 15) is 14.3 Å². The normalized spacial score (nSPS) is 14.5. The Balaban J connectivity index is 1.24. The van der Waals surface area contributed by atoms with Gasteiger partial charge in [0.2, 0.25) is 5.88 Å². The van der Waals surface area contributed by atoms with Crippen LogP contribution in [0.2, 0.25) is 0 Å². The summed E-state index contributed by atoms with van der Waals surface area (Å²) in [5.74, 6) is -1.08. The maximum atomic E-state index is 15.5. The Bertz CT molecular complexity index is 1870. The third-order valence-electron chi connectivity index (χ3n) is 7.22. The van der Waals surface area contributed by atoms with E-state index >= 15 is 4.39 Å². The number of nitrogens with zero attached hydrogens (tertiary/aromatic N) is 4. The Labute approximate surface area is 243 Å². The molecule has 1 N–H and O–H groups in total. The average molecular weight is 587 g/mol. The first kappa shape index (κ1) is 27.5. The highest BCUT2D eigenvalue weighted by molar-refractivity contribution is 7.20. The number of aryl methyl sites for hydroxylation is 1. The van der Waals surface area contributed by atoms with E-state index in [4.69, 9.17) is 14.7 Å². The summed E-state index contributed by atoms with van der Waals surface area (Å²) >= 11 is 1.10. The number of carboxylic acids is 1. The van der Waals surface area contributed by atoms with Crippen molar-refractivity contribution in [1.29, 1.82) is 5.26 Å². The maximum Gasteiger partial charge on any atom is 0.346 e. The molecule has 42 heavy (non-hydrogen) atoms. The molecule has 1 fully saturated rings. The molecule has 212 valence electrons. The van der Waals surface area contributed by atoms with Gasteiger partial charge in [0.1, 0.15) is 33.8 Å². The minimum absolute atomic E-state index is 0.0114. The highest BCUT2D eigenvalue weighted by Crippen LogP contribution is 2.31. The molecule has 8 nitrogen and oxygen atoms in total. The van der Waals surface area contributed by atoms with Crippen LogP contribution in [0.4, 0.5) is 8.78 Å². The molecule has 0 radical (unpaired) electrons. The molecule has 2 aromatic carbocycles. The van der Waals surface area contributed by atoms with Gasteiger partial charge in [-0.2, -0.15) is 5.26 Å². The SMILES string of the molecule is Cc1cc(Cc2nc3sc(C(=O)O)cc3n2C[C@@H]2CCO2)c(F)cc1-c1cccc(OCc2ccc(C#N)cc2F)n1. The summed E-state index contributed by atoms with van der Waals surface area (Å²) in [6, 6.07) is 16.0. The lowest BCUT2D eigenvalue weighted by Crippen LogP contribution is -2.31. The van der Waals surface area contributed by atoms with Crippen molar-refractivity contribution in [2.24, 2.45) is 0 Å². The lowest BCUT2D eigenvalue weighted by molar-refractivity contribution is -0.0589. The van der Waals surface area contributed by atoms with Crippen molar-refractivity contribution in [2.75, 3.05) is 6.61 Å². The number of hydrogen-bond donors (Lipinski definition) is 1. The number of carbonyl (C=O) groups is 1. The number of pyridine rings is 1. The Morgan fingerprint density at radius 1 is 1.17 bits per heavy atom. The molecule has 6 rings (SSSR count). The van der Waals surface area contributed by atoms with Gasteiger partial charge in [-0.25, -0.2) is 23.5 Å². The highest BCUT2D eigenvalue weighted by Gasteiger charge is 2.24. The standard InChI is InChI=1S/C31H24F2N4O4S/c1-17-9-20(11-28-36-30-26(13-27(42-30)31(38)39)37(28)15-21-7-8-40-21)24(33)12-22(17)25-3-2-4-29(35-25)41-16-19-6-5-18(14-34)10-23(19)32/h2-6,9-10,12-13,21H,7-8,11,15-16H2,1H3,(H,38,39)/t21-/m0/s1. The largest absolute Gasteiger partial charge is 0.477 e. The zero-order valence-electron chi connectivity index (χ0n) is 22.4. The van der Waals surface area contributed by atoms with Gasteiger partial charge in [0.05, 0.1) is 35.5 Å². The van der Waals surface area contributed by atoms with Crippen molar-refractivity contribution in [3.8, 4) is 23.2 Å². The molecule has 4 heterocycles. The quantitative estimate of drug-likeness (QED) is 0.217. The molecule has 1 saturated heterocycles. The number of carboxylic acid groups (broad SMARTS) is 1. The van der Waals surface area contributed by atoms with E-state index in [0.717, 1.165) is 29.4 Å². The molecule has 0 unspecified atom stereocenters. The fraction of sp³-hybridized carbons (Fsp3) is 0.226. The average Bonchev–Trinajstić information content (AvgIpc) is 3.50. The Kier molecular flexibility index (Phi) is 7.41. The monoisotopic (exact) mass is 586 g/mol. The molecule has 0 spiro atoms. The van der Waals surface area contributed by atoms with Gasteiger partial charge < -0.3 is 19.1 Å². The van der Waals surface area contributed by atoms with Gasteiger partial charge in [0.15, 0.2) is 0 Å². The van der Waals surface area contributed by atoms with Crippen molar-refractivity contribution < 1.29 is 28.2 Å². The van der Waals surface area contributed by atoms with E-state index in [1.165, 1.54) is 18.2 Å². The number of aromatic carboxylic acids is 1. The zero-order valence-corrected chi connectivity index (χ0v) is 23.3. The lowest BCUT2D eigenvalue weighted by atomic mass is 9.99. The maximum absolute atomic E-state index is 15.5. The molecular formula is C31H24F2N4O4S. The van der Waals surface area contributed by atoms with Crippen molar-refractivity contribution in [3.63, 3.8) is 0 Å². The van der Waals surface area contributed by atoms with Crippen LogP contribution < -0.4 is 4.74 Å². The molecule has 0 bridgehead atoms. The van der Waals surface area contributed by atoms with Crippen LogP contribution in [0.5, 0.6) is 5.88 Å². The van der Waals surface area contributed by atoms with Crippen LogP contribution in [0.1, 0.15) is 44.2 Å². The molecule has 0 aliphatic carbocycles. The van der Waals surface area contributed by atoms with Crippen LogP contribution in [0, 0.1) is 29.9 Å². The predicted molar refractivity (Wildman–Crippen MR) is 152 cm³/mol. The van der Waals surface area contributed by atoms with Crippen LogP contribution in [0.3, 0.4) is 0 Å². The number of rotatable bonds is 9. The van der Waals surface area contributed by atoms with E-state index in [-0.39, 0.29) is 41.0 Å². The fourth-order valence-corrected chi connectivity index (χ4v) is 5.78. The molecule has 11 heteroatoms. The summed E-state index contributed by atoms with van der Waals surface area (Å²) in [7, 11) is 0. The van der Waals surface area contributed by atoms with Gasteiger partial charge >= 0.3 is 5.97 Å². The molecular weight excluding hydrogens is 562 g/mol. The molecule has 0 saturated carbocycles. The van der Waals surface area contributed by atoms with Crippen LogP contribution in [0.15, 0.2) is 54.6 Å². The Morgan fingerprint density at radius 3 is 2.69 bits per heavy atom. The van der Waals surface area contributed by atoms with Gasteiger partial charge in [0, 0.05) is 30.2 Å². The number of hydrogen-bond acceptors (Lipinski definition) is 7. The second kappa shape index (κ2) is 11.3. The number of nitriles is 1. The highest BCUT2D eigenvalue weighted by atomic mass is 32.1. The fourth-order valence-electron chi connectivity index (χ4n) is 4.89. The van der Waals surface area contributed by atoms with Gasteiger partial charge in [0.25, 0.3) is 0 Å². The van der Waals surface area contributed by atoms with Gasteiger partial charge in [-0.1, -0.05) is 18.2 Å². The second-order valence-electron chi connectivity index (χ2n) is 10.0. The predicted octanol–water partition coefficient (Wildman–Crippen LogP) is 6.28. The van der Waals surface area contributed by atoms with Gasteiger partial charge in [-0.15, -0.1) is 11.3 Å². The number of imidazole rings is 1. The molecule has 0 amide bonds. The smallest absolute Gasteiger partial charge is 0.346 e. The van der Waals surface area contributed by atoms with E-state index < -0.39 is 17.6 Å². The first-order chi connectivity index (χ1) is 20.3. The minimum atomic E-state index is -1.01. The number of fused-ring (bicyclic) bond motifs is 1. The third-order valence-corrected chi connectivity index (χ3v) is 8.22. The van der Waals surface area contributed by atoms with E-state index in [2.05, 4.69) is 9.97 Å². The summed E-state index contributed by atoms with van der Waals surface area (Å²) in [4.78, 5) is 21.5. The summed E-state index contributed by atoms with van der Waals surface area (Å²) in [6.45, 7) is 2.99. The van der Waals surface area contributed by atoms with Gasteiger partial charge in [-0.05, 0) is 54.8 Å². The molecule has 1 atom stereocenters. The van der Waals surface area contributed by atoms with Crippen LogP contribution in [0.25, 0.3) is 21.6 Å². The van der Waals surface area contributed by atoms with Crippen molar-refractivity contribution >= 4 is 27.7 Å². The van der Waals surface area contributed by atoms with Crippen molar-refractivity contribution in [1.82, 2.24) is 14.5 Å². The van der Waals surface area contributed by atoms with Crippen LogP contribution in [-0.2, 0) is 24.3 Å². The summed E-state index contributed by atoms with van der Waals surface area (Å²) < 4.78 is 43.0. The lowest BCUT2D eigenvalue weighted by Gasteiger charge is -2.27. The topological polar surface area (TPSA) is 110 Å². The van der Waals surface area contributed by atoms with E-state index in [0.29, 0.717) is 46.1 Å². The number of benzene rings is 2. The third kappa shape index (κ3) is 5.46. The molecule has 5 aromatic rings. The van der Waals surface area contributed by atoms with Crippen molar-refractivity contribution in [3.05, 3.63) is 99.2 Å². The molecule has 1 aliphatic heterocycles. The summed E-state index contributed by atoms with van der Waals surface area (Å²) in [6.07, 6.45) is 1.13. The number of thiophene rings is 1. The van der Waals surface area contributed by atoms with Crippen LogP contribution >= 0.6 is 11.3 Å². The Morgan fingerprint density at radius 2 is 1.98 bits per heavy atom. The zero-order chi connectivity index (χ0) is 29.4. The minimum Gasteiger partial charge on any atom is -0.477 e. The summed E-state index contributed by atoms with van der Waals surface area (Å²) in [5.41, 5.74) is 3.55. The number of aromatic nitrogens is 3. The first-order valence-corrected chi connectivity index (χ1v) is 14.0.